The van der Waals surface area contributed by atoms with Crippen molar-refractivity contribution in [2.75, 3.05) is 0 Å². The molecule has 0 bridgehead atoms. The molecule has 0 aliphatic heterocycles. The first-order valence-corrected chi connectivity index (χ1v) is 7.05. The molecule has 0 radical (unpaired) electrons. The Morgan fingerprint density at radius 2 is 1.86 bits per heavy atom. The van der Waals surface area contributed by atoms with Gasteiger partial charge in [-0.3, -0.25) is 4.79 Å². The van der Waals surface area contributed by atoms with Crippen molar-refractivity contribution in [3.05, 3.63) is 36.0 Å². The number of nitrogens with one attached hydrogen (secondary N) is 1. The number of para-hydroxylation sites is 1. The van der Waals surface area contributed by atoms with Crippen molar-refractivity contribution in [1.82, 2.24) is 9.88 Å². The van der Waals surface area contributed by atoms with Gasteiger partial charge in [0.1, 0.15) is 5.54 Å². The number of aryl methyl sites for hydroxylation is 1. The Hall–Kier alpha value is -2.30. The van der Waals surface area contributed by atoms with Crippen LogP contribution in [-0.4, -0.2) is 27.1 Å². The maximum atomic E-state index is 12.5. The van der Waals surface area contributed by atoms with Crippen molar-refractivity contribution in [2.45, 2.75) is 32.2 Å². The Kier molecular flexibility index (Phi) is 4.02. The second kappa shape index (κ2) is 5.60. The van der Waals surface area contributed by atoms with Gasteiger partial charge >= 0.3 is 5.97 Å². The molecule has 0 aliphatic carbocycles. The van der Waals surface area contributed by atoms with Gasteiger partial charge in [0.15, 0.2) is 0 Å². The predicted octanol–water partition coefficient (Wildman–Crippen LogP) is 2.55. The number of amides is 1. The fraction of sp³-hybridized carbons (Fsp3) is 0.375. The zero-order valence-corrected chi connectivity index (χ0v) is 12.5. The normalized spacial score (nSPS) is 11.6. The number of aliphatic carboxylic acids is 1. The van der Waals surface area contributed by atoms with Gasteiger partial charge in [0.25, 0.3) is 5.91 Å². The van der Waals surface area contributed by atoms with Gasteiger partial charge in [0.05, 0.1) is 5.56 Å². The molecule has 2 N–H and O–H groups in total. The van der Waals surface area contributed by atoms with Crippen molar-refractivity contribution < 1.29 is 14.7 Å². The fourth-order valence-corrected chi connectivity index (χ4v) is 2.59. The van der Waals surface area contributed by atoms with Crippen molar-refractivity contribution in [3.63, 3.8) is 0 Å². The first-order chi connectivity index (χ1) is 9.95. The lowest BCUT2D eigenvalue weighted by atomic mass is 9.92. The summed E-state index contributed by atoms with van der Waals surface area (Å²) in [5, 5.41) is 12.9. The lowest BCUT2D eigenvalue weighted by molar-refractivity contribution is -0.144. The fourth-order valence-electron chi connectivity index (χ4n) is 2.59. The second-order valence-corrected chi connectivity index (χ2v) is 5.22. The summed E-state index contributed by atoms with van der Waals surface area (Å²) in [4.78, 5) is 24.0. The lowest BCUT2D eigenvalue weighted by Gasteiger charge is -2.27. The molecule has 1 amide bonds. The van der Waals surface area contributed by atoms with Crippen LogP contribution in [0.25, 0.3) is 10.9 Å². The molecule has 2 aromatic rings. The predicted molar refractivity (Wildman–Crippen MR) is 81.3 cm³/mol. The summed E-state index contributed by atoms with van der Waals surface area (Å²) in [5.41, 5.74) is 0.228. The number of carbonyl (C=O) groups excluding carboxylic acids is 1. The summed E-state index contributed by atoms with van der Waals surface area (Å²) >= 11 is 0. The third-order valence-electron chi connectivity index (χ3n) is 4.11. The molecule has 5 nitrogen and oxygen atoms in total. The SMILES string of the molecule is CCC(CC)(NC(=O)c1cn(C)c2ccccc12)C(=O)O. The summed E-state index contributed by atoms with van der Waals surface area (Å²) in [6.45, 7) is 3.53. The molecule has 21 heavy (non-hydrogen) atoms. The number of benzene rings is 1. The van der Waals surface area contributed by atoms with Crippen LogP contribution in [0, 0.1) is 0 Å². The molecule has 0 fully saturated rings. The van der Waals surface area contributed by atoms with E-state index in [1.54, 1.807) is 20.0 Å². The van der Waals surface area contributed by atoms with Crippen molar-refractivity contribution in [2.24, 2.45) is 7.05 Å². The van der Waals surface area contributed by atoms with E-state index in [9.17, 15) is 14.7 Å². The van der Waals surface area contributed by atoms with Crippen LogP contribution in [0.3, 0.4) is 0 Å². The zero-order valence-electron chi connectivity index (χ0n) is 12.5. The van der Waals surface area contributed by atoms with Gasteiger partial charge in [-0.15, -0.1) is 0 Å². The van der Waals surface area contributed by atoms with Gasteiger partial charge in [0, 0.05) is 24.1 Å². The zero-order chi connectivity index (χ0) is 15.6. The van der Waals surface area contributed by atoms with Gasteiger partial charge in [-0.2, -0.15) is 0 Å². The smallest absolute Gasteiger partial charge is 0.329 e. The standard InChI is InChI=1S/C16H20N2O3/c1-4-16(5-2,15(20)21)17-14(19)12-10-18(3)13-9-7-6-8-11(12)13/h6-10H,4-5H2,1-3H3,(H,17,19)(H,20,21). The number of fused-ring (bicyclic) bond motifs is 1. The Morgan fingerprint density at radius 1 is 1.24 bits per heavy atom. The summed E-state index contributed by atoms with van der Waals surface area (Å²) in [6.07, 6.45) is 2.42. The molecule has 0 unspecified atom stereocenters. The van der Waals surface area contributed by atoms with E-state index >= 15 is 0 Å². The molecule has 0 spiro atoms. The molecule has 0 aliphatic rings. The van der Waals surface area contributed by atoms with Gasteiger partial charge in [0.2, 0.25) is 0 Å². The minimum absolute atomic E-state index is 0.343. The quantitative estimate of drug-likeness (QED) is 0.888. The highest BCUT2D eigenvalue weighted by Crippen LogP contribution is 2.22. The van der Waals surface area contributed by atoms with Gasteiger partial charge in [-0.1, -0.05) is 32.0 Å². The van der Waals surface area contributed by atoms with E-state index < -0.39 is 11.5 Å². The van der Waals surface area contributed by atoms with Crippen LogP contribution in [0.4, 0.5) is 0 Å². The molecular formula is C16H20N2O3. The van der Waals surface area contributed by atoms with Gasteiger partial charge < -0.3 is 15.0 Å². The van der Waals surface area contributed by atoms with E-state index in [1.807, 2.05) is 35.9 Å². The van der Waals surface area contributed by atoms with Crippen LogP contribution < -0.4 is 5.32 Å². The number of rotatable bonds is 5. The van der Waals surface area contributed by atoms with Crippen LogP contribution in [0.1, 0.15) is 37.0 Å². The number of carboxylic acids is 1. The van der Waals surface area contributed by atoms with E-state index in [4.69, 9.17) is 0 Å². The average Bonchev–Trinajstić information content (AvgIpc) is 2.82. The van der Waals surface area contributed by atoms with E-state index in [0.29, 0.717) is 18.4 Å². The number of nitrogens with zero attached hydrogens (tertiary/aromatic N) is 1. The van der Waals surface area contributed by atoms with Crippen LogP contribution in [0.2, 0.25) is 0 Å². The van der Waals surface area contributed by atoms with Crippen LogP contribution in [0.5, 0.6) is 0 Å². The highest BCUT2D eigenvalue weighted by molar-refractivity contribution is 6.08. The number of aromatic nitrogens is 1. The first-order valence-electron chi connectivity index (χ1n) is 7.05. The molecule has 0 saturated carbocycles. The van der Waals surface area contributed by atoms with E-state index in [2.05, 4.69) is 5.32 Å². The Labute approximate surface area is 123 Å². The van der Waals surface area contributed by atoms with Crippen LogP contribution >= 0.6 is 0 Å². The molecule has 1 heterocycles. The third kappa shape index (κ3) is 2.51. The maximum Gasteiger partial charge on any atom is 0.329 e. The Morgan fingerprint density at radius 3 is 2.43 bits per heavy atom. The summed E-state index contributed by atoms with van der Waals surface area (Å²) in [5.74, 6) is -1.35. The van der Waals surface area contributed by atoms with Crippen LogP contribution in [0.15, 0.2) is 30.5 Å². The third-order valence-corrected chi connectivity index (χ3v) is 4.11. The highest BCUT2D eigenvalue weighted by Gasteiger charge is 2.37. The summed E-state index contributed by atoms with van der Waals surface area (Å²) in [7, 11) is 1.86. The average molecular weight is 288 g/mol. The Balaban J connectivity index is 2.41. The number of hydrogen-bond donors (Lipinski definition) is 2. The molecule has 0 atom stereocenters. The van der Waals surface area contributed by atoms with Gasteiger partial charge in [-0.05, 0) is 18.9 Å². The topological polar surface area (TPSA) is 71.3 Å². The highest BCUT2D eigenvalue weighted by atomic mass is 16.4. The molecule has 5 heteroatoms. The largest absolute Gasteiger partial charge is 0.480 e. The van der Waals surface area contributed by atoms with E-state index in [0.717, 1.165) is 10.9 Å². The lowest BCUT2D eigenvalue weighted by Crippen LogP contribution is -2.53. The summed E-state index contributed by atoms with van der Waals surface area (Å²) < 4.78 is 1.87. The van der Waals surface area contributed by atoms with Crippen molar-refractivity contribution in [1.29, 1.82) is 0 Å². The van der Waals surface area contributed by atoms with Crippen LogP contribution in [-0.2, 0) is 11.8 Å². The summed E-state index contributed by atoms with van der Waals surface area (Å²) in [6, 6.07) is 7.56. The molecule has 112 valence electrons. The molecule has 1 aromatic heterocycles. The minimum Gasteiger partial charge on any atom is -0.480 e. The monoisotopic (exact) mass is 288 g/mol. The number of hydrogen-bond acceptors (Lipinski definition) is 2. The molecule has 0 saturated heterocycles. The first kappa shape index (κ1) is 15.1. The maximum absolute atomic E-state index is 12.5. The van der Waals surface area contributed by atoms with Crippen molar-refractivity contribution in [3.8, 4) is 0 Å². The van der Waals surface area contributed by atoms with Crippen molar-refractivity contribution >= 4 is 22.8 Å². The second-order valence-electron chi connectivity index (χ2n) is 5.22. The Bertz CT molecular complexity index is 684. The number of carboxylic acid groups (broad SMARTS) is 1. The minimum atomic E-state index is -1.21. The molecule has 1 aromatic carbocycles. The number of carbonyl (C=O) groups is 2. The van der Waals surface area contributed by atoms with E-state index in [1.165, 1.54) is 0 Å². The van der Waals surface area contributed by atoms with E-state index in [-0.39, 0.29) is 5.91 Å². The molecule has 2 rings (SSSR count). The molecular weight excluding hydrogens is 268 g/mol. The van der Waals surface area contributed by atoms with Gasteiger partial charge in [-0.25, -0.2) is 4.79 Å².